The maximum absolute atomic E-state index is 13.3. The minimum absolute atomic E-state index is 0.0657. The van der Waals surface area contributed by atoms with E-state index in [4.69, 9.17) is 4.74 Å². The molecule has 12 heteroatoms. The number of nitrogens with zero attached hydrogens (tertiary/aromatic N) is 3. The van der Waals surface area contributed by atoms with E-state index >= 15 is 0 Å². The zero-order valence-corrected chi connectivity index (χ0v) is 23.6. The van der Waals surface area contributed by atoms with Gasteiger partial charge in [0.1, 0.15) is 12.4 Å². The average Bonchev–Trinajstić information content (AvgIpc) is 3.37. The van der Waals surface area contributed by atoms with Crippen LogP contribution in [0.3, 0.4) is 0 Å². The Morgan fingerprint density at radius 3 is 2.42 bits per heavy atom. The van der Waals surface area contributed by atoms with Gasteiger partial charge >= 0.3 is 0 Å². The number of hydrogen-bond acceptors (Lipinski definition) is 8. The molecular weight excluding hydrogens is 518 g/mol. The normalized spacial score (nSPS) is 11.7. The van der Waals surface area contributed by atoms with E-state index in [0.717, 1.165) is 19.3 Å². The van der Waals surface area contributed by atoms with Gasteiger partial charge in [0.2, 0.25) is 5.78 Å². The predicted octanol–water partition coefficient (Wildman–Crippen LogP) is 1.35. The predicted molar refractivity (Wildman–Crippen MR) is 146 cm³/mol. The fourth-order valence-electron chi connectivity index (χ4n) is 4.23. The maximum Gasteiger partial charge on any atom is 0.289 e. The molecule has 0 spiro atoms. The van der Waals surface area contributed by atoms with Crippen LogP contribution in [0.15, 0.2) is 35.6 Å². The van der Waals surface area contributed by atoms with Gasteiger partial charge in [0, 0.05) is 45.2 Å². The molecule has 0 aliphatic carbocycles. The molecule has 0 fully saturated rings. The van der Waals surface area contributed by atoms with Crippen molar-refractivity contribution in [3.05, 3.63) is 52.5 Å². The number of nitrogens with one attached hydrogen (secondary N) is 2. The van der Waals surface area contributed by atoms with E-state index in [-0.39, 0.29) is 49.6 Å². The molecule has 2 rings (SSSR count). The molecule has 1 atom stereocenters. The Morgan fingerprint density at radius 2 is 1.80 bits per heavy atom. The first kappa shape index (κ1) is 32.3. The molecule has 2 aromatic heterocycles. The van der Waals surface area contributed by atoms with Gasteiger partial charge in [-0.05, 0) is 24.8 Å². The fourth-order valence-corrected chi connectivity index (χ4v) is 4.23. The Hall–Kier alpha value is -3.93. The number of hydrogen-bond donors (Lipinski definition) is 2. The van der Waals surface area contributed by atoms with E-state index in [0.29, 0.717) is 12.3 Å². The molecule has 2 aromatic rings. The lowest BCUT2D eigenvalue weighted by atomic mass is 9.96. The standard InChI is InChI=1S/C28H39N5O7/c1-5-19(6-2)9-10-21(34)16-33-13-7-8-20(28(33)39)14-25(36)22(11-12-24(35)27(38)30-18-40-4)31-26(37)23-15-29-17-32(23)3/h7-8,13,15,17,19,22H,5-6,9-12,14,16,18H2,1-4H3,(H,30,38)(H,31,37)/t22-/m0/s1. The molecule has 0 bridgehead atoms. The number of pyridine rings is 1. The van der Waals surface area contributed by atoms with Gasteiger partial charge in [0.05, 0.1) is 25.1 Å². The number of imidazole rings is 1. The Labute approximate surface area is 233 Å². The van der Waals surface area contributed by atoms with E-state index in [2.05, 4.69) is 29.5 Å². The van der Waals surface area contributed by atoms with Crippen LogP contribution >= 0.6 is 0 Å². The Morgan fingerprint density at radius 1 is 1.07 bits per heavy atom. The van der Waals surface area contributed by atoms with Gasteiger partial charge in [-0.25, -0.2) is 4.98 Å². The monoisotopic (exact) mass is 557 g/mol. The van der Waals surface area contributed by atoms with Crippen molar-refractivity contribution in [2.24, 2.45) is 13.0 Å². The van der Waals surface area contributed by atoms with Crippen LogP contribution in [-0.2, 0) is 43.9 Å². The quantitative estimate of drug-likeness (QED) is 0.205. The number of Topliss-reactive ketones (excluding diaryl/α,β-unsaturated/α-hetero) is 3. The van der Waals surface area contributed by atoms with Gasteiger partial charge in [-0.3, -0.25) is 28.8 Å². The molecule has 12 nitrogen and oxygen atoms in total. The first-order valence-electron chi connectivity index (χ1n) is 13.4. The number of amides is 2. The minimum Gasteiger partial charge on any atom is -0.364 e. The van der Waals surface area contributed by atoms with Crippen molar-refractivity contribution >= 4 is 29.2 Å². The first-order valence-corrected chi connectivity index (χ1v) is 13.4. The van der Waals surface area contributed by atoms with E-state index in [1.54, 1.807) is 13.1 Å². The number of carbonyl (C=O) groups excluding carboxylic acids is 5. The summed E-state index contributed by atoms with van der Waals surface area (Å²) >= 11 is 0. The van der Waals surface area contributed by atoms with Gasteiger partial charge in [0.15, 0.2) is 11.6 Å². The molecule has 0 saturated heterocycles. The molecule has 0 aromatic carbocycles. The molecule has 2 N–H and O–H groups in total. The van der Waals surface area contributed by atoms with E-state index in [1.165, 1.54) is 41.0 Å². The number of ketones is 3. The lowest BCUT2D eigenvalue weighted by molar-refractivity contribution is -0.139. The third kappa shape index (κ3) is 9.67. The molecule has 0 unspecified atom stereocenters. The SMILES string of the molecule is CCC(CC)CCC(=O)Cn1cccc(CC(=O)[C@H](CCC(=O)C(=O)NCOC)NC(=O)c2cncn2C)c1=O. The molecule has 40 heavy (non-hydrogen) atoms. The minimum atomic E-state index is -1.16. The third-order valence-electron chi connectivity index (χ3n) is 6.83. The molecule has 0 aliphatic heterocycles. The van der Waals surface area contributed by atoms with Crippen LogP contribution < -0.4 is 16.2 Å². The first-order chi connectivity index (χ1) is 19.1. The number of methoxy groups -OCH3 is 1. The van der Waals surface area contributed by atoms with Crippen LogP contribution in [0.2, 0.25) is 0 Å². The zero-order chi connectivity index (χ0) is 29.7. The van der Waals surface area contributed by atoms with Crippen LogP contribution in [0, 0.1) is 5.92 Å². The highest BCUT2D eigenvalue weighted by Gasteiger charge is 2.26. The van der Waals surface area contributed by atoms with Crippen LogP contribution in [0.25, 0.3) is 0 Å². The van der Waals surface area contributed by atoms with Crippen molar-refractivity contribution in [1.82, 2.24) is 24.8 Å². The van der Waals surface area contributed by atoms with Gasteiger partial charge in [-0.2, -0.15) is 0 Å². The summed E-state index contributed by atoms with van der Waals surface area (Å²) in [5, 5.41) is 4.88. The largest absolute Gasteiger partial charge is 0.364 e. The molecule has 2 heterocycles. The van der Waals surface area contributed by atoms with E-state index < -0.39 is 35.0 Å². The topological polar surface area (TPSA) is 158 Å². The molecule has 0 radical (unpaired) electrons. The third-order valence-corrected chi connectivity index (χ3v) is 6.83. The Kier molecular flexibility index (Phi) is 13.1. The van der Waals surface area contributed by atoms with Crippen LogP contribution in [0.4, 0.5) is 0 Å². The van der Waals surface area contributed by atoms with Crippen molar-refractivity contribution < 1.29 is 28.7 Å². The lowest BCUT2D eigenvalue weighted by Gasteiger charge is -2.18. The molecule has 2 amide bonds. The van der Waals surface area contributed by atoms with E-state index in [9.17, 15) is 28.8 Å². The van der Waals surface area contributed by atoms with Crippen molar-refractivity contribution in [3.8, 4) is 0 Å². The molecular formula is C28H39N5O7. The number of rotatable bonds is 18. The molecule has 218 valence electrons. The summed E-state index contributed by atoms with van der Waals surface area (Å²) in [6, 6.07) is 1.93. The maximum atomic E-state index is 13.3. The lowest BCUT2D eigenvalue weighted by Crippen LogP contribution is -2.43. The molecule has 0 aliphatic rings. The van der Waals surface area contributed by atoms with Gasteiger partial charge in [-0.15, -0.1) is 0 Å². The highest BCUT2D eigenvalue weighted by molar-refractivity contribution is 6.36. The van der Waals surface area contributed by atoms with Gasteiger partial charge < -0.3 is 24.5 Å². The smallest absolute Gasteiger partial charge is 0.289 e. The van der Waals surface area contributed by atoms with Crippen molar-refractivity contribution in [2.75, 3.05) is 13.8 Å². The highest BCUT2D eigenvalue weighted by atomic mass is 16.5. The Bertz CT molecular complexity index is 1250. The zero-order valence-electron chi connectivity index (χ0n) is 23.6. The number of aryl methyl sites for hydroxylation is 1. The van der Waals surface area contributed by atoms with Crippen LogP contribution in [-0.4, -0.2) is 63.2 Å². The second-order valence-corrected chi connectivity index (χ2v) is 9.69. The van der Waals surface area contributed by atoms with Crippen molar-refractivity contribution in [3.63, 3.8) is 0 Å². The van der Waals surface area contributed by atoms with Crippen molar-refractivity contribution in [1.29, 1.82) is 0 Å². The second-order valence-electron chi connectivity index (χ2n) is 9.69. The van der Waals surface area contributed by atoms with Crippen LogP contribution in [0.1, 0.15) is 68.4 Å². The number of aromatic nitrogens is 3. The summed E-state index contributed by atoms with van der Waals surface area (Å²) in [6.07, 6.45) is 6.57. The second kappa shape index (κ2) is 16.2. The number of ether oxygens (including phenoxy) is 1. The highest BCUT2D eigenvalue weighted by Crippen LogP contribution is 2.15. The summed E-state index contributed by atoms with van der Waals surface area (Å²) < 4.78 is 7.47. The number of carbonyl (C=O) groups is 5. The van der Waals surface area contributed by atoms with E-state index in [1.807, 2.05) is 0 Å². The fraction of sp³-hybridized carbons (Fsp3) is 0.536. The van der Waals surface area contributed by atoms with Gasteiger partial charge in [0.25, 0.3) is 17.4 Å². The summed E-state index contributed by atoms with van der Waals surface area (Å²) in [5.74, 6) is -2.37. The van der Waals surface area contributed by atoms with Crippen LogP contribution in [0.5, 0.6) is 0 Å². The van der Waals surface area contributed by atoms with Crippen molar-refractivity contribution in [2.45, 2.75) is 71.4 Å². The summed E-state index contributed by atoms with van der Waals surface area (Å²) in [6.45, 7) is 3.93. The molecule has 0 saturated carbocycles. The summed E-state index contributed by atoms with van der Waals surface area (Å²) in [4.78, 5) is 79.7. The summed E-state index contributed by atoms with van der Waals surface area (Å²) in [7, 11) is 2.97. The summed E-state index contributed by atoms with van der Waals surface area (Å²) in [5.41, 5.74) is -0.126. The van der Waals surface area contributed by atoms with Gasteiger partial charge in [-0.1, -0.05) is 32.8 Å². The average molecular weight is 558 g/mol. The Balaban J connectivity index is 2.16.